The summed E-state index contributed by atoms with van der Waals surface area (Å²) in [5, 5.41) is 6.60. The zero-order valence-corrected chi connectivity index (χ0v) is 18.2. The number of likely N-dealkylation sites (N-methyl/N-ethyl adjacent to an activating group) is 1. The van der Waals surface area contributed by atoms with Crippen molar-refractivity contribution in [3.05, 3.63) is 40.0 Å². The standard InChI is InChI=1S/C20H31N7S/c1-5-21-20(26(4)14-18-15-28-16(2)24-18)23-13-17-7-6-8-22-19(17)27-11-9-25(3)10-12-27/h6-8,15H,5,9-14H2,1-4H3,(H,21,23). The molecule has 1 aliphatic heterocycles. The number of pyridine rings is 1. The van der Waals surface area contributed by atoms with E-state index in [1.807, 2.05) is 19.2 Å². The average Bonchev–Trinajstić information content (AvgIpc) is 3.10. The maximum Gasteiger partial charge on any atom is 0.194 e. The highest BCUT2D eigenvalue weighted by atomic mass is 32.1. The smallest absolute Gasteiger partial charge is 0.194 e. The number of hydrogen-bond acceptors (Lipinski definition) is 6. The molecule has 3 rings (SSSR count). The third-order valence-electron chi connectivity index (χ3n) is 4.83. The highest BCUT2D eigenvalue weighted by molar-refractivity contribution is 7.09. The molecule has 8 heteroatoms. The van der Waals surface area contributed by atoms with E-state index in [0.29, 0.717) is 6.54 Å². The number of rotatable bonds is 6. The number of thiazole rings is 1. The lowest BCUT2D eigenvalue weighted by Crippen LogP contribution is -2.45. The topological polar surface area (TPSA) is 59.9 Å². The largest absolute Gasteiger partial charge is 0.357 e. The maximum atomic E-state index is 4.89. The first-order chi connectivity index (χ1) is 13.6. The zero-order chi connectivity index (χ0) is 19.9. The van der Waals surface area contributed by atoms with E-state index in [2.05, 4.69) is 62.4 Å². The third-order valence-corrected chi connectivity index (χ3v) is 5.65. The fourth-order valence-corrected chi connectivity index (χ4v) is 3.89. The van der Waals surface area contributed by atoms with Crippen molar-refractivity contribution in [2.24, 2.45) is 4.99 Å². The first-order valence-corrected chi connectivity index (χ1v) is 10.7. The first kappa shape index (κ1) is 20.5. The van der Waals surface area contributed by atoms with Crippen LogP contribution < -0.4 is 10.2 Å². The molecule has 28 heavy (non-hydrogen) atoms. The Morgan fingerprint density at radius 3 is 2.79 bits per heavy atom. The summed E-state index contributed by atoms with van der Waals surface area (Å²) in [7, 11) is 4.23. The highest BCUT2D eigenvalue weighted by Gasteiger charge is 2.18. The highest BCUT2D eigenvalue weighted by Crippen LogP contribution is 2.20. The second kappa shape index (κ2) is 9.84. The third kappa shape index (κ3) is 5.42. The number of anilines is 1. The van der Waals surface area contributed by atoms with Crippen LogP contribution in [-0.4, -0.2) is 72.5 Å². The van der Waals surface area contributed by atoms with Crippen molar-refractivity contribution in [3.8, 4) is 0 Å². The molecule has 1 fully saturated rings. The number of aryl methyl sites for hydroxylation is 1. The first-order valence-electron chi connectivity index (χ1n) is 9.84. The number of nitrogens with one attached hydrogen (secondary N) is 1. The molecule has 0 radical (unpaired) electrons. The molecule has 0 unspecified atom stereocenters. The van der Waals surface area contributed by atoms with Crippen LogP contribution >= 0.6 is 11.3 Å². The Hall–Kier alpha value is -2.19. The van der Waals surface area contributed by atoms with Crippen LogP contribution in [0.3, 0.4) is 0 Å². The van der Waals surface area contributed by atoms with Crippen LogP contribution in [0.5, 0.6) is 0 Å². The summed E-state index contributed by atoms with van der Waals surface area (Å²) in [5.41, 5.74) is 2.25. The lowest BCUT2D eigenvalue weighted by Gasteiger charge is -2.34. The van der Waals surface area contributed by atoms with Crippen LogP contribution in [-0.2, 0) is 13.1 Å². The van der Waals surface area contributed by atoms with E-state index in [4.69, 9.17) is 4.99 Å². The number of aromatic nitrogens is 2. The van der Waals surface area contributed by atoms with E-state index >= 15 is 0 Å². The lowest BCUT2D eigenvalue weighted by molar-refractivity contribution is 0.312. The van der Waals surface area contributed by atoms with E-state index in [1.54, 1.807) is 11.3 Å². The van der Waals surface area contributed by atoms with E-state index < -0.39 is 0 Å². The maximum absolute atomic E-state index is 4.89. The second-order valence-corrected chi connectivity index (χ2v) is 8.22. The van der Waals surface area contributed by atoms with Gasteiger partial charge in [-0.15, -0.1) is 11.3 Å². The van der Waals surface area contributed by atoms with Crippen LogP contribution in [0.25, 0.3) is 0 Å². The van der Waals surface area contributed by atoms with Gasteiger partial charge in [0, 0.05) is 56.9 Å². The van der Waals surface area contributed by atoms with Crippen molar-refractivity contribution < 1.29 is 0 Å². The van der Waals surface area contributed by atoms with Crippen molar-refractivity contribution in [3.63, 3.8) is 0 Å². The molecule has 2 aromatic heterocycles. The van der Waals surface area contributed by atoms with Gasteiger partial charge in [0.25, 0.3) is 0 Å². The number of aliphatic imine (C=N–C) groups is 1. The zero-order valence-electron chi connectivity index (χ0n) is 17.4. The Morgan fingerprint density at radius 2 is 2.11 bits per heavy atom. The molecule has 2 aromatic rings. The van der Waals surface area contributed by atoms with Gasteiger partial charge in [-0.3, -0.25) is 0 Å². The van der Waals surface area contributed by atoms with Crippen molar-refractivity contribution in [1.29, 1.82) is 0 Å². The molecule has 7 nitrogen and oxygen atoms in total. The second-order valence-electron chi connectivity index (χ2n) is 7.16. The van der Waals surface area contributed by atoms with Crippen molar-refractivity contribution >= 4 is 23.1 Å². The molecular weight excluding hydrogens is 370 g/mol. The molecule has 1 saturated heterocycles. The van der Waals surface area contributed by atoms with E-state index in [9.17, 15) is 0 Å². The van der Waals surface area contributed by atoms with E-state index in [1.165, 1.54) is 5.56 Å². The molecule has 0 amide bonds. The molecule has 152 valence electrons. The number of guanidine groups is 1. The van der Waals surface area contributed by atoms with Crippen molar-refractivity contribution in [2.45, 2.75) is 26.9 Å². The Kier molecular flexibility index (Phi) is 7.22. The van der Waals surface area contributed by atoms with Crippen molar-refractivity contribution in [2.75, 3.05) is 51.7 Å². The Labute approximate surface area is 172 Å². The molecule has 3 heterocycles. The molecule has 0 bridgehead atoms. The average molecular weight is 402 g/mol. The molecule has 0 aliphatic carbocycles. The van der Waals surface area contributed by atoms with Gasteiger partial charge in [-0.25, -0.2) is 15.0 Å². The summed E-state index contributed by atoms with van der Waals surface area (Å²) in [4.78, 5) is 21.0. The minimum absolute atomic E-state index is 0.609. The molecular formula is C20H31N7S. The monoisotopic (exact) mass is 401 g/mol. The van der Waals surface area contributed by atoms with Gasteiger partial charge in [-0.2, -0.15) is 0 Å². The quantitative estimate of drug-likeness (QED) is 0.592. The Balaban J connectivity index is 1.72. The summed E-state index contributed by atoms with van der Waals surface area (Å²) in [5.74, 6) is 1.95. The number of nitrogens with zero attached hydrogens (tertiary/aromatic N) is 6. The molecule has 1 aliphatic rings. The van der Waals surface area contributed by atoms with Gasteiger partial charge >= 0.3 is 0 Å². The predicted molar refractivity (Wildman–Crippen MR) is 117 cm³/mol. The fourth-order valence-electron chi connectivity index (χ4n) is 3.29. The van der Waals surface area contributed by atoms with Gasteiger partial charge in [0.2, 0.25) is 0 Å². The fraction of sp³-hybridized carbons (Fsp3) is 0.550. The van der Waals surface area contributed by atoms with E-state index in [0.717, 1.165) is 61.7 Å². The van der Waals surface area contributed by atoms with Gasteiger partial charge in [0.05, 0.1) is 23.8 Å². The normalized spacial score (nSPS) is 15.7. The Morgan fingerprint density at radius 1 is 1.32 bits per heavy atom. The SMILES string of the molecule is CCNC(=NCc1cccnc1N1CCN(C)CC1)N(C)Cc1csc(C)n1. The molecule has 0 saturated carbocycles. The van der Waals surface area contributed by atoms with Gasteiger partial charge in [-0.05, 0) is 27.0 Å². The molecule has 0 spiro atoms. The van der Waals surface area contributed by atoms with Gasteiger partial charge < -0.3 is 20.0 Å². The van der Waals surface area contributed by atoms with Crippen molar-refractivity contribution in [1.82, 2.24) is 25.1 Å². The summed E-state index contributed by atoms with van der Waals surface area (Å²) in [6, 6.07) is 4.14. The molecule has 0 aromatic carbocycles. The van der Waals surface area contributed by atoms with Crippen LogP contribution in [0.4, 0.5) is 5.82 Å². The van der Waals surface area contributed by atoms with Crippen LogP contribution in [0, 0.1) is 6.92 Å². The van der Waals surface area contributed by atoms with Gasteiger partial charge in [-0.1, -0.05) is 6.07 Å². The minimum atomic E-state index is 0.609. The summed E-state index contributed by atoms with van der Waals surface area (Å²) >= 11 is 1.68. The minimum Gasteiger partial charge on any atom is -0.357 e. The van der Waals surface area contributed by atoms with Gasteiger partial charge in [0.1, 0.15) is 5.82 Å². The van der Waals surface area contributed by atoms with Gasteiger partial charge in [0.15, 0.2) is 5.96 Å². The van der Waals surface area contributed by atoms with E-state index in [-0.39, 0.29) is 0 Å². The lowest BCUT2D eigenvalue weighted by atomic mass is 10.2. The van der Waals surface area contributed by atoms with Crippen LogP contribution in [0.1, 0.15) is 23.2 Å². The Bertz CT molecular complexity index is 780. The summed E-state index contributed by atoms with van der Waals surface area (Å²) in [6.45, 7) is 10.5. The van der Waals surface area contributed by atoms with Crippen LogP contribution in [0.2, 0.25) is 0 Å². The summed E-state index contributed by atoms with van der Waals surface area (Å²) < 4.78 is 0. The number of piperazine rings is 1. The summed E-state index contributed by atoms with van der Waals surface area (Å²) in [6.07, 6.45) is 1.88. The van der Waals surface area contributed by atoms with Crippen LogP contribution in [0.15, 0.2) is 28.7 Å². The number of hydrogen-bond donors (Lipinski definition) is 1. The predicted octanol–water partition coefficient (Wildman–Crippen LogP) is 2.20. The molecule has 0 atom stereocenters. The molecule has 1 N–H and O–H groups in total.